The minimum Gasteiger partial charge on any atom is -0.366 e. The van der Waals surface area contributed by atoms with E-state index in [2.05, 4.69) is 27.3 Å². The van der Waals surface area contributed by atoms with Crippen molar-refractivity contribution in [3.05, 3.63) is 79.0 Å². The minimum atomic E-state index is -2.31. The predicted octanol–water partition coefficient (Wildman–Crippen LogP) is 5.93. The summed E-state index contributed by atoms with van der Waals surface area (Å²) in [6.45, 7) is 3.51. The maximum absolute atomic E-state index is 13.2. The molecule has 2 aliphatic rings. The first-order chi connectivity index (χ1) is 20.4. The third kappa shape index (κ3) is 6.02. The standard InChI is InChI=1S/C31H34ClF2N5O2S/c32-21-15-20-5-4-13-38(22-7-10-35-18-22)29(20)25(16-21)24-8-11-36-26-17-23(42-30(24)26)19-39-28(40)9-14-37(31(39)41)12-3-1-2-6-27(33)34/h8-9,11,14-17,22,27,35H,1-7,10,12-13,18-19H2/t22-/m0/s1. The van der Waals surface area contributed by atoms with Gasteiger partial charge in [-0.3, -0.25) is 14.3 Å². The van der Waals surface area contributed by atoms with Gasteiger partial charge >= 0.3 is 5.69 Å². The fourth-order valence-electron chi connectivity index (χ4n) is 6.28. The quantitative estimate of drug-likeness (QED) is 0.225. The molecule has 5 heterocycles. The maximum Gasteiger partial charge on any atom is 0.331 e. The van der Waals surface area contributed by atoms with Crippen molar-refractivity contribution in [3.63, 3.8) is 0 Å². The van der Waals surface area contributed by atoms with Crippen molar-refractivity contribution in [3.8, 4) is 11.1 Å². The van der Waals surface area contributed by atoms with E-state index in [0.717, 1.165) is 65.1 Å². The maximum atomic E-state index is 13.2. The highest BCUT2D eigenvalue weighted by atomic mass is 35.5. The van der Waals surface area contributed by atoms with Gasteiger partial charge in [0.05, 0.1) is 16.8 Å². The molecule has 1 aromatic carbocycles. The third-order valence-electron chi connectivity index (χ3n) is 8.29. The van der Waals surface area contributed by atoms with E-state index in [1.165, 1.54) is 44.0 Å². The molecule has 2 aliphatic heterocycles. The molecule has 6 rings (SSSR count). The second-order valence-corrected chi connectivity index (χ2v) is 12.7. The lowest BCUT2D eigenvalue weighted by Gasteiger charge is -2.38. The van der Waals surface area contributed by atoms with E-state index in [-0.39, 0.29) is 18.5 Å². The Kier molecular flexibility index (Phi) is 8.74. The lowest BCUT2D eigenvalue weighted by Crippen LogP contribution is -2.40. The van der Waals surface area contributed by atoms with Crippen molar-refractivity contribution in [1.82, 2.24) is 19.4 Å². The number of fused-ring (bicyclic) bond motifs is 2. The van der Waals surface area contributed by atoms with Crippen molar-refractivity contribution >= 4 is 38.8 Å². The van der Waals surface area contributed by atoms with Crippen molar-refractivity contribution in [2.45, 2.75) is 70.5 Å². The number of aryl methyl sites for hydroxylation is 2. The van der Waals surface area contributed by atoms with Crippen LogP contribution in [0.2, 0.25) is 5.02 Å². The first-order valence-electron chi connectivity index (χ1n) is 14.6. The summed E-state index contributed by atoms with van der Waals surface area (Å²) in [6.07, 6.45) is 5.65. The van der Waals surface area contributed by atoms with E-state index in [9.17, 15) is 18.4 Å². The predicted molar refractivity (Wildman–Crippen MR) is 166 cm³/mol. The van der Waals surface area contributed by atoms with Crippen LogP contribution in [0.1, 0.15) is 49.0 Å². The zero-order valence-electron chi connectivity index (χ0n) is 23.3. The number of alkyl halides is 2. The zero-order chi connectivity index (χ0) is 29.2. The molecule has 0 spiro atoms. The van der Waals surface area contributed by atoms with Crippen molar-refractivity contribution < 1.29 is 8.78 Å². The van der Waals surface area contributed by atoms with Crippen molar-refractivity contribution in [1.29, 1.82) is 0 Å². The van der Waals surface area contributed by atoms with E-state index >= 15 is 0 Å². The molecule has 0 bridgehead atoms. The van der Waals surface area contributed by atoms with Crippen LogP contribution in [-0.4, -0.2) is 46.2 Å². The summed E-state index contributed by atoms with van der Waals surface area (Å²) >= 11 is 8.21. The zero-order valence-corrected chi connectivity index (χ0v) is 24.9. The molecule has 0 saturated carbocycles. The van der Waals surface area contributed by atoms with Gasteiger partial charge in [-0.05, 0) is 68.5 Å². The number of halogens is 3. The first kappa shape index (κ1) is 29.0. The first-order valence-corrected chi connectivity index (χ1v) is 15.8. The van der Waals surface area contributed by atoms with Crippen LogP contribution in [0.3, 0.4) is 0 Å². The summed E-state index contributed by atoms with van der Waals surface area (Å²) in [5, 5.41) is 4.21. The van der Waals surface area contributed by atoms with Crippen LogP contribution < -0.4 is 21.5 Å². The fourth-order valence-corrected chi connectivity index (χ4v) is 7.65. The minimum absolute atomic E-state index is 0.135. The summed E-state index contributed by atoms with van der Waals surface area (Å²) in [5.74, 6) is 0. The third-order valence-corrected chi connectivity index (χ3v) is 9.65. The molecule has 7 nitrogen and oxygen atoms in total. The van der Waals surface area contributed by atoms with Gasteiger partial charge in [0.2, 0.25) is 6.43 Å². The molecule has 0 amide bonds. The number of nitrogens with one attached hydrogen (secondary N) is 1. The second-order valence-electron chi connectivity index (χ2n) is 11.1. The Balaban J connectivity index is 1.32. The van der Waals surface area contributed by atoms with Gasteiger partial charge in [0.15, 0.2) is 0 Å². The summed E-state index contributed by atoms with van der Waals surface area (Å²) in [7, 11) is 0. The number of unbranched alkanes of at least 4 members (excludes halogenated alkanes) is 2. The van der Waals surface area contributed by atoms with Crippen LogP contribution in [0.25, 0.3) is 21.3 Å². The monoisotopic (exact) mass is 613 g/mol. The summed E-state index contributed by atoms with van der Waals surface area (Å²) in [6, 6.07) is 9.96. The van der Waals surface area contributed by atoms with Gasteiger partial charge in [0, 0.05) is 77.3 Å². The van der Waals surface area contributed by atoms with Crippen LogP contribution in [0.15, 0.2) is 52.3 Å². The molecule has 0 radical (unpaired) electrons. The van der Waals surface area contributed by atoms with Crippen LogP contribution in [0.5, 0.6) is 0 Å². The summed E-state index contributed by atoms with van der Waals surface area (Å²) in [5.41, 5.74) is 4.71. The molecular formula is C31H34ClF2N5O2S. The largest absolute Gasteiger partial charge is 0.366 e. The molecular weight excluding hydrogens is 580 g/mol. The Bertz CT molecular complexity index is 1700. The fraction of sp³-hybridized carbons (Fsp3) is 0.452. The molecule has 1 saturated heterocycles. The molecule has 1 fully saturated rings. The average Bonchev–Trinajstić information content (AvgIpc) is 3.65. The number of pyridine rings is 1. The number of hydrogen-bond acceptors (Lipinski definition) is 6. The molecule has 4 aromatic rings. The lowest BCUT2D eigenvalue weighted by atomic mass is 9.92. The molecule has 42 heavy (non-hydrogen) atoms. The molecule has 3 aromatic heterocycles. The highest BCUT2D eigenvalue weighted by molar-refractivity contribution is 7.19. The summed E-state index contributed by atoms with van der Waals surface area (Å²) in [4.78, 5) is 34.0. The summed E-state index contributed by atoms with van der Waals surface area (Å²) < 4.78 is 28.6. The van der Waals surface area contributed by atoms with Gasteiger partial charge in [0.1, 0.15) is 0 Å². The van der Waals surface area contributed by atoms with E-state index in [0.29, 0.717) is 36.9 Å². The molecule has 11 heteroatoms. The number of benzene rings is 1. The van der Waals surface area contributed by atoms with Crippen LogP contribution >= 0.6 is 22.9 Å². The van der Waals surface area contributed by atoms with E-state index in [4.69, 9.17) is 11.6 Å². The molecule has 0 unspecified atom stereocenters. The van der Waals surface area contributed by atoms with Gasteiger partial charge in [-0.15, -0.1) is 11.3 Å². The smallest absolute Gasteiger partial charge is 0.331 e. The number of thiophene rings is 1. The SMILES string of the molecule is O=c1ccn(CCCCCC(F)F)c(=O)n1Cc1cc2nccc(-c3cc(Cl)cc4c3N([C@H]3CCNC3)CCC4)c2s1. The Labute approximate surface area is 251 Å². The van der Waals surface area contributed by atoms with E-state index in [1.54, 1.807) is 0 Å². The van der Waals surface area contributed by atoms with E-state index in [1.807, 2.05) is 18.3 Å². The van der Waals surface area contributed by atoms with Gasteiger partial charge in [-0.2, -0.15) is 0 Å². The van der Waals surface area contributed by atoms with E-state index < -0.39 is 12.1 Å². The van der Waals surface area contributed by atoms with Crippen LogP contribution in [0.4, 0.5) is 14.5 Å². The topological polar surface area (TPSA) is 72.2 Å². The Morgan fingerprint density at radius 2 is 2.00 bits per heavy atom. The highest BCUT2D eigenvalue weighted by Gasteiger charge is 2.30. The Morgan fingerprint density at radius 3 is 2.81 bits per heavy atom. The normalized spacial score (nSPS) is 17.0. The van der Waals surface area contributed by atoms with Crippen LogP contribution in [-0.2, 0) is 19.5 Å². The van der Waals surface area contributed by atoms with Gasteiger partial charge in [-0.1, -0.05) is 18.0 Å². The molecule has 1 N–H and O–H groups in total. The molecule has 0 aliphatic carbocycles. The molecule has 1 atom stereocenters. The van der Waals surface area contributed by atoms with Gasteiger partial charge in [0.25, 0.3) is 5.56 Å². The Hall–Kier alpha value is -3.08. The van der Waals surface area contributed by atoms with Crippen molar-refractivity contribution in [2.24, 2.45) is 0 Å². The van der Waals surface area contributed by atoms with Gasteiger partial charge < -0.3 is 14.8 Å². The number of hydrogen-bond donors (Lipinski definition) is 1. The second kappa shape index (κ2) is 12.7. The van der Waals surface area contributed by atoms with Gasteiger partial charge in [-0.25, -0.2) is 13.6 Å². The Morgan fingerprint density at radius 1 is 1.12 bits per heavy atom. The van der Waals surface area contributed by atoms with Crippen LogP contribution in [0, 0.1) is 0 Å². The number of nitrogens with zero attached hydrogens (tertiary/aromatic N) is 4. The van der Waals surface area contributed by atoms with Crippen molar-refractivity contribution in [2.75, 3.05) is 24.5 Å². The number of anilines is 1. The average molecular weight is 614 g/mol. The number of rotatable bonds is 10. The highest BCUT2D eigenvalue weighted by Crippen LogP contribution is 2.44. The number of aromatic nitrogens is 3. The lowest BCUT2D eigenvalue weighted by molar-refractivity contribution is 0.133. The molecule has 222 valence electrons.